The number of halogens is 1. The molecule has 1 atom stereocenters. The van der Waals surface area contributed by atoms with Crippen LogP contribution in [0.4, 0.5) is 5.69 Å². The monoisotopic (exact) mass is 433 g/mol. The largest absolute Gasteiger partial charge is 0.495 e. The highest BCUT2D eigenvalue weighted by atomic mass is 35.5. The molecular formula is C22H28ClN3O4. The Morgan fingerprint density at radius 1 is 1.37 bits per heavy atom. The van der Waals surface area contributed by atoms with Crippen LogP contribution < -0.4 is 10.1 Å². The van der Waals surface area contributed by atoms with Gasteiger partial charge >= 0.3 is 0 Å². The summed E-state index contributed by atoms with van der Waals surface area (Å²) in [6.07, 6.45) is 3.01. The van der Waals surface area contributed by atoms with Crippen molar-refractivity contribution in [2.75, 3.05) is 25.5 Å². The molecular weight excluding hydrogens is 406 g/mol. The number of benzene rings is 1. The van der Waals surface area contributed by atoms with Crippen molar-refractivity contribution in [2.45, 2.75) is 45.4 Å². The Morgan fingerprint density at radius 3 is 2.83 bits per heavy atom. The molecule has 0 radical (unpaired) electrons. The first-order valence-electron chi connectivity index (χ1n) is 10.3. The summed E-state index contributed by atoms with van der Waals surface area (Å²) in [5.74, 6) is 1.14. The minimum atomic E-state index is -0.128. The van der Waals surface area contributed by atoms with Crippen molar-refractivity contribution in [3.8, 4) is 5.75 Å². The second kappa shape index (κ2) is 9.98. The van der Waals surface area contributed by atoms with Crippen molar-refractivity contribution >= 4 is 29.1 Å². The zero-order chi connectivity index (χ0) is 21.7. The van der Waals surface area contributed by atoms with E-state index in [-0.39, 0.29) is 29.4 Å². The van der Waals surface area contributed by atoms with Gasteiger partial charge in [-0.3, -0.25) is 9.59 Å². The van der Waals surface area contributed by atoms with E-state index in [1.165, 1.54) is 0 Å². The number of likely N-dealkylation sites (tertiary alicyclic amines) is 1. The van der Waals surface area contributed by atoms with Crippen LogP contribution in [0.1, 0.15) is 61.7 Å². The van der Waals surface area contributed by atoms with E-state index in [9.17, 15) is 9.59 Å². The molecule has 2 aromatic rings. The quantitative estimate of drug-likeness (QED) is 0.682. The van der Waals surface area contributed by atoms with E-state index in [4.69, 9.17) is 20.9 Å². The van der Waals surface area contributed by atoms with Crippen LogP contribution >= 0.6 is 11.6 Å². The molecule has 0 bridgehead atoms. The highest BCUT2D eigenvalue weighted by Crippen LogP contribution is 2.28. The zero-order valence-electron chi connectivity index (χ0n) is 17.6. The summed E-state index contributed by atoms with van der Waals surface area (Å²) >= 11 is 6.10. The van der Waals surface area contributed by atoms with E-state index in [0.717, 1.165) is 18.5 Å². The van der Waals surface area contributed by atoms with E-state index in [1.54, 1.807) is 36.3 Å². The number of rotatable bonds is 7. The topological polar surface area (TPSA) is 84.7 Å². The van der Waals surface area contributed by atoms with E-state index >= 15 is 0 Å². The van der Waals surface area contributed by atoms with Gasteiger partial charge in [0.1, 0.15) is 5.75 Å². The number of hydrogen-bond acceptors (Lipinski definition) is 5. The van der Waals surface area contributed by atoms with Crippen LogP contribution in [0.15, 0.2) is 28.8 Å². The maximum absolute atomic E-state index is 12.7. The Hall–Kier alpha value is -2.54. The molecule has 7 nitrogen and oxygen atoms in total. The molecule has 0 saturated carbocycles. The van der Waals surface area contributed by atoms with Crippen LogP contribution in [0, 0.1) is 5.92 Å². The molecule has 2 amide bonds. The van der Waals surface area contributed by atoms with Gasteiger partial charge in [-0.25, -0.2) is 0 Å². The fraction of sp³-hybridized carbons (Fsp3) is 0.500. The summed E-state index contributed by atoms with van der Waals surface area (Å²) in [5, 5.41) is 7.29. The molecule has 0 spiro atoms. The van der Waals surface area contributed by atoms with Gasteiger partial charge in [0.2, 0.25) is 11.7 Å². The number of methoxy groups -OCH3 is 1. The third-order valence-electron chi connectivity index (χ3n) is 5.35. The molecule has 1 fully saturated rings. The van der Waals surface area contributed by atoms with Crippen LogP contribution in [-0.4, -0.2) is 42.1 Å². The van der Waals surface area contributed by atoms with Gasteiger partial charge in [0.25, 0.3) is 5.91 Å². The average molecular weight is 434 g/mol. The molecule has 8 heteroatoms. The first-order valence-corrected chi connectivity index (χ1v) is 10.6. The third-order valence-corrected chi connectivity index (χ3v) is 5.65. The van der Waals surface area contributed by atoms with Gasteiger partial charge in [-0.15, -0.1) is 0 Å². The van der Waals surface area contributed by atoms with Gasteiger partial charge in [-0.05, 0) is 49.3 Å². The molecule has 1 aliphatic rings. The molecule has 3 rings (SSSR count). The third kappa shape index (κ3) is 5.53. The van der Waals surface area contributed by atoms with Gasteiger partial charge in [0, 0.05) is 31.3 Å². The lowest BCUT2D eigenvalue weighted by molar-refractivity contribution is -0.116. The number of aromatic nitrogens is 1. The van der Waals surface area contributed by atoms with Crippen molar-refractivity contribution < 1.29 is 18.8 Å². The smallest absolute Gasteiger partial charge is 0.292 e. The Bertz CT molecular complexity index is 896. The zero-order valence-corrected chi connectivity index (χ0v) is 18.4. The molecule has 0 aliphatic carbocycles. The summed E-state index contributed by atoms with van der Waals surface area (Å²) in [6, 6.07) is 6.87. The predicted octanol–water partition coefficient (Wildman–Crippen LogP) is 4.73. The highest BCUT2D eigenvalue weighted by Gasteiger charge is 2.27. The minimum Gasteiger partial charge on any atom is -0.495 e. The normalized spacial score (nSPS) is 16.6. The fourth-order valence-electron chi connectivity index (χ4n) is 3.61. The van der Waals surface area contributed by atoms with Gasteiger partial charge in [-0.2, -0.15) is 0 Å². The number of amides is 2. The average Bonchev–Trinajstić information content (AvgIpc) is 3.23. The number of carbonyl (C=O) groups is 2. The SMILES string of the molecule is COc1ccc(NC(=O)CC[C@@H]2CCCN(C(=O)c3cc(C(C)C)no3)C2)cc1Cl. The maximum Gasteiger partial charge on any atom is 0.292 e. The van der Waals surface area contributed by atoms with E-state index in [0.29, 0.717) is 42.4 Å². The summed E-state index contributed by atoms with van der Waals surface area (Å²) in [6.45, 7) is 5.34. The van der Waals surface area contributed by atoms with Crippen molar-refractivity contribution in [3.05, 3.63) is 40.7 Å². The fourth-order valence-corrected chi connectivity index (χ4v) is 3.86. The van der Waals surface area contributed by atoms with Crippen molar-refractivity contribution in [1.82, 2.24) is 10.1 Å². The molecule has 1 aliphatic heterocycles. The lowest BCUT2D eigenvalue weighted by Gasteiger charge is -2.32. The lowest BCUT2D eigenvalue weighted by Crippen LogP contribution is -2.40. The Kier molecular flexibility index (Phi) is 7.37. The summed E-state index contributed by atoms with van der Waals surface area (Å²) in [4.78, 5) is 26.9. The molecule has 0 unspecified atom stereocenters. The maximum atomic E-state index is 12.7. The Labute approximate surface area is 181 Å². The van der Waals surface area contributed by atoms with Gasteiger partial charge in [0.05, 0.1) is 17.8 Å². The number of anilines is 1. The molecule has 2 heterocycles. The number of ether oxygens (including phenoxy) is 1. The Balaban J connectivity index is 1.50. The summed E-state index contributed by atoms with van der Waals surface area (Å²) in [5.41, 5.74) is 1.42. The van der Waals surface area contributed by atoms with Crippen LogP contribution in [0.5, 0.6) is 5.75 Å². The number of piperidine rings is 1. The van der Waals surface area contributed by atoms with Crippen molar-refractivity contribution in [1.29, 1.82) is 0 Å². The molecule has 1 N–H and O–H groups in total. The van der Waals surface area contributed by atoms with E-state index < -0.39 is 0 Å². The van der Waals surface area contributed by atoms with Crippen LogP contribution in [0.3, 0.4) is 0 Å². The second-order valence-electron chi connectivity index (χ2n) is 7.97. The summed E-state index contributed by atoms with van der Waals surface area (Å²) < 4.78 is 10.4. The van der Waals surface area contributed by atoms with Gasteiger partial charge in [0.15, 0.2) is 0 Å². The van der Waals surface area contributed by atoms with E-state index in [1.807, 2.05) is 13.8 Å². The van der Waals surface area contributed by atoms with E-state index in [2.05, 4.69) is 10.5 Å². The molecule has 1 aromatic carbocycles. The summed E-state index contributed by atoms with van der Waals surface area (Å²) in [7, 11) is 1.54. The lowest BCUT2D eigenvalue weighted by atomic mass is 9.93. The Morgan fingerprint density at radius 2 is 2.17 bits per heavy atom. The number of nitrogens with zero attached hydrogens (tertiary/aromatic N) is 2. The standard InChI is InChI=1S/C22H28ClN3O4/c1-14(2)18-12-20(30-25-18)22(28)26-10-4-5-15(13-26)6-9-21(27)24-16-7-8-19(29-3)17(23)11-16/h7-8,11-12,14-15H,4-6,9-10,13H2,1-3H3,(H,24,27)/t15-/m0/s1. The van der Waals surface area contributed by atoms with Gasteiger partial charge in [-0.1, -0.05) is 30.6 Å². The molecule has 162 valence electrons. The first-order chi connectivity index (χ1) is 14.4. The molecule has 30 heavy (non-hydrogen) atoms. The van der Waals surface area contributed by atoms with Crippen LogP contribution in [-0.2, 0) is 4.79 Å². The number of hydrogen-bond donors (Lipinski definition) is 1. The first kappa shape index (κ1) is 22.2. The van der Waals surface area contributed by atoms with Crippen molar-refractivity contribution in [2.24, 2.45) is 5.92 Å². The minimum absolute atomic E-state index is 0.0727. The van der Waals surface area contributed by atoms with Crippen molar-refractivity contribution in [3.63, 3.8) is 0 Å². The number of carbonyl (C=O) groups excluding carboxylic acids is 2. The number of nitrogens with one attached hydrogen (secondary N) is 1. The molecule has 1 aromatic heterocycles. The highest BCUT2D eigenvalue weighted by molar-refractivity contribution is 6.32. The van der Waals surface area contributed by atoms with Gasteiger partial charge < -0.3 is 19.5 Å². The van der Waals surface area contributed by atoms with Crippen LogP contribution in [0.2, 0.25) is 5.02 Å². The van der Waals surface area contributed by atoms with Crippen LogP contribution in [0.25, 0.3) is 0 Å². The second-order valence-corrected chi connectivity index (χ2v) is 8.37. The predicted molar refractivity (Wildman–Crippen MR) is 115 cm³/mol. The molecule has 1 saturated heterocycles.